The van der Waals surface area contributed by atoms with Gasteiger partial charge < -0.3 is 11.1 Å². The lowest BCUT2D eigenvalue weighted by Crippen LogP contribution is -2.63. The molecule has 4 bridgehead atoms. The van der Waals surface area contributed by atoms with Crippen molar-refractivity contribution in [1.29, 1.82) is 0 Å². The molecule has 0 saturated heterocycles. The van der Waals surface area contributed by atoms with Crippen LogP contribution in [0.5, 0.6) is 0 Å². The van der Waals surface area contributed by atoms with Gasteiger partial charge in [-0.25, -0.2) is 0 Å². The van der Waals surface area contributed by atoms with Crippen molar-refractivity contribution in [3.8, 4) is 0 Å². The van der Waals surface area contributed by atoms with Gasteiger partial charge in [-0.05, 0) is 80.4 Å². The molecule has 5 aliphatic rings. The summed E-state index contributed by atoms with van der Waals surface area (Å²) in [7, 11) is 0. The Morgan fingerprint density at radius 1 is 0.966 bits per heavy atom. The predicted molar refractivity (Wildman–Crippen MR) is 113 cm³/mol. The molecule has 5 fully saturated rings. The lowest BCUT2D eigenvalue weighted by molar-refractivity contribution is -0.148. The van der Waals surface area contributed by atoms with Crippen LogP contribution in [-0.4, -0.2) is 17.9 Å². The Morgan fingerprint density at radius 3 is 2.17 bits per heavy atom. The second-order valence-electron chi connectivity index (χ2n) is 10.3. The zero-order valence-corrected chi connectivity index (χ0v) is 17.7. The third-order valence-corrected chi connectivity index (χ3v) is 8.88. The van der Waals surface area contributed by atoms with Gasteiger partial charge in [0.2, 0.25) is 11.8 Å². The molecule has 2 amide bonds. The smallest absolute Gasteiger partial charge is 0.230 e. The zero-order valence-electron chi connectivity index (χ0n) is 17.0. The molecule has 2 atom stereocenters. The summed E-state index contributed by atoms with van der Waals surface area (Å²) in [5.74, 6) is 1.46. The first-order chi connectivity index (χ1) is 13.9. The van der Waals surface area contributed by atoms with Gasteiger partial charge in [0.05, 0.1) is 5.41 Å². The standard InChI is InChI=1S/C24H31ClN2O2/c25-19-6-4-18(5-7-19)24(8-2-1-3-9-24)22(29)27-20-16-10-15-11-17(20)14-23(12-15,13-16)21(26)28/h4-7,15-17,20H,1-3,8-14H2,(H2,26,28)(H,27,29). The van der Waals surface area contributed by atoms with Gasteiger partial charge in [0, 0.05) is 16.5 Å². The average Bonchev–Trinajstić information content (AvgIpc) is 2.71. The molecule has 5 aliphatic carbocycles. The van der Waals surface area contributed by atoms with Gasteiger partial charge in [-0.3, -0.25) is 9.59 Å². The van der Waals surface area contributed by atoms with Gasteiger partial charge in [0.15, 0.2) is 0 Å². The fourth-order valence-corrected chi connectivity index (χ4v) is 7.55. The minimum atomic E-state index is -0.446. The molecular weight excluding hydrogens is 384 g/mol. The molecule has 0 heterocycles. The number of nitrogens with one attached hydrogen (secondary N) is 1. The molecule has 0 aliphatic heterocycles. The van der Waals surface area contributed by atoms with Crippen LogP contribution in [0.2, 0.25) is 5.02 Å². The largest absolute Gasteiger partial charge is 0.369 e. The number of hydrogen-bond acceptors (Lipinski definition) is 2. The highest BCUT2D eigenvalue weighted by molar-refractivity contribution is 6.30. The van der Waals surface area contributed by atoms with E-state index in [9.17, 15) is 9.59 Å². The first kappa shape index (κ1) is 19.4. The Labute approximate surface area is 177 Å². The van der Waals surface area contributed by atoms with E-state index in [4.69, 9.17) is 17.3 Å². The van der Waals surface area contributed by atoms with Gasteiger partial charge in [0.1, 0.15) is 0 Å². The number of amides is 2. The number of halogens is 1. The molecule has 1 aromatic rings. The van der Waals surface area contributed by atoms with Gasteiger partial charge in [0.25, 0.3) is 0 Å². The summed E-state index contributed by atoms with van der Waals surface area (Å²) in [5, 5.41) is 4.22. The van der Waals surface area contributed by atoms with Crippen LogP contribution in [0, 0.1) is 23.2 Å². The quantitative estimate of drug-likeness (QED) is 0.769. The summed E-state index contributed by atoms with van der Waals surface area (Å²) in [6.07, 6.45) is 10.1. The summed E-state index contributed by atoms with van der Waals surface area (Å²) in [5.41, 5.74) is 6.17. The second-order valence-corrected chi connectivity index (χ2v) is 10.7. The minimum Gasteiger partial charge on any atom is -0.369 e. The van der Waals surface area contributed by atoms with Crippen molar-refractivity contribution in [2.45, 2.75) is 75.7 Å². The van der Waals surface area contributed by atoms with Crippen molar-refractivity contribution in [3.05, 3.63) is 34.9 Å². The normalized spacial score (nSPS) is 37.3. The molecule has 3 N–H and O–H groups in total. The molecule has 2 unspecified atom stereocenters. The maximum absolute atomic E-state index is 13.8. The summed E-state index contributed by atoms with van der Waals surface area (Å²) >= 11 is 6.11. The number of carbonyl (C=O) groups is 2. The second kappa shape index (κ2) is 7.01. The highest BCUT2D eigenvalue weighted by atomic mass is 35.5. The van der Waals surface area contributed by atoms with Crippen molar-refractivity contribution in [2.24, 2.45) is 28.9 Å². The van der Waals surface area contributed by atoms with Crippen molar-refractivity contribution in [1.82, 2.24) is 5.32 Å². The van der Waals surface area contributed by atoms with E-state index in [-0.39, 0.29) is 23.3 Å². The van der Waals surface area contributed by atoms with Crippen LogP contribution in [0.3, 0.4) is 0 Å². The van der Waals surface area contributed by atoms with E-state index in [0.29, 0.717) is 22.8 Å². The van der Waals surface area contributed by atoms with Crippen LogP contribution in [0.25, 0.3) is 0 Å². The Balaban J connectivity index is 1.40. The van der Waals surface area contributed by atoms with E-state index < -0.39 is 5.41 Å². The topological polar surface area (TPSA) is 72.2 Å². The number of rotatable bonds is 4. The summed E-state index contributed by atoms with van der Waals surface area (Å²) in [6.45, 7) is 0. The molecule has 5 saturated carbocycles. The first-order valence-corrected chi connectivity index (χ1v) is 11.7. The van der Waals surface area contributed by atoms with Crippen molar-refractivity contribution >= 4 is 23.4 Å². The molecule has 0 spiro atoms. The van der Waals surface area contributed by atoms with Crippen molar-refractivity contribution < 1.29 is 9.59 Å². The Morgan fingerprint density at radius 2 is 1.59 bits per heavy atom. The van der Waals surface area contributed by atoms with E-state index in [2.05, 4.69) is 5.32 Å². The third kappa shape index (κ3) is 3.10. The fourth-order valence-electron chi connectivity index (χ4n) is 7.42. The van der Waals surface area contributed by atoms with Crippen LogP contribution >= 0.6 is 11.6 Å². The molecule has 156 valence electrons. The fraction of sp³-hybridized carbons (Fsp3) is 0.667. The maximum Gasteiger partial charge on any atom is 0.230 e. The van der Waals surface area contributed by atoms with Gasteiger partial charge >= 0.3 is 0 Å². The highest BCUT2D eigenvalue weighted by Gasteiger charge is 2.58. The molecule has 0 radical (unpaired) electrons. The number of benzene rings is 1. The Hall–Kier alpha value is -1.55. The Bertz CT molecular complexity index is 799. The number of nitrogens with two attached hydrogens (primary N) is 1. The summed E-state index contributed by atoms with van der Waals surface area (Å²) in [6, 6.07) is 8.07. The molecule has 4 nitrogen and oxygen atoms in total. The zero-order chi connectivity index (χ0) is 20.2. The average molecular weight is 415 g/mol. The van der Waals surface area contributed by atoms with Gasteiger partial charge in [-0.1, -0.05) is 43.0 Å². The molecular formula is C24H31ClN2O2. The molecule has 5 heteroatoms. The van der Waals surface area contributed by atoms with Crippen LogP contribution in [0.4, 0.5) is 0 Å². The Kier molecular flexibility index (Phi) is 4.69. The van der Waals surface area contributed by atoms with Crippen LogP contribution in [0.15, 0.2) is 24.3 Å². The summed E-state index contributed by atoms with van der Waals surface area (Å²) in [4.78, 5) is 26.0. The van der Waals surface area contributed by atoms with Crippen LogP contribution in [0.1, 0.15) is 69.8 Å². The van der Waals surface area contributed by atoms with Crippen LogP contribution < -0.4 is 11.1 Å². The minimum absolute atomic E-state index is 0.119. The van der Waals surface area contributed by atoms with Crippen molar-refractivity contribution in [3.63, 3.8) is 0 Å². The van der Waals surface area contributed by atoms with Gasteiger partial charge in [-0.2, -0.15) is 0 Å². The van der Waals surface area contributed by atoms with Crippen LogP contribution in [-0.2, 0) is 15.0 Å². The molecule has 1 aromatic carbocycles. The third-order valence-electron chi connectivity index (χ3n) is 8.63. The lowest BCUT2D eigenvalue weighted by Gasteiger charge is -2.59. The van der Waals surface area contributed by atoms with Crippen molar-refractivity contribution in [2.75, 3.05) is 0 Å². The van der Waals surface area contributed by atoms with E-state index in [1.165, 1.54) is 6.42 Å². The highest BCUT2D eigenvalue weighted by Crippen LogP contribution is 2.60. The predicted octanol–water partition coefficient (Wildman–Crippen LogP) is 4.34. The first-order valence-electron chi connectivity index (χ1n) is 11.3. The van der Waals surface area contributed by atoms with E-state index in [1.807, 2.05) is 24.3 Å². The maximum atomic E-state index is 13.8. The van der Waals surface area contributed by atoms with E-state index >= 15 is 0 Å². The molecule has 0 aromatic heterocycles. The summed E-state index contributed by atoms with van der Waals surface area (Å²) < 4.78 is 0. The number of carbonyl (C=O) groups excluding carboxylic acids is 2. The lowest BCUT2D eigenvalue weighted by atomic mass is 9.47. The van der Waals surface area contributed by atoms with E-state index in [0.717, 1.165) is 63.4 Å². The SMILES string of the molecule is NC(=O)C12CC3CC(C1)C(NC(=O)C1(c4ccc(Cl)cc4)CCCCC1)C(C3)C2. The number of hydrogen-bond donors (Lipinski definition) is 2. The monoisotopic (exact) mass is 414 g/mol. The number of primary amides is 1. The molecule has 6 rings (SSSR count). The van der Waals surface area contributed by atoms with E-state index in [1.54, 1.807) is 0 Å². The van der Waals surface area contributed by atoms with Gasteiger partial charge in [-0.15, -0.1) is 0 Å². The molecule has 29 heavy (non-hydrogen) atoms.